The van der Waals surface area contributed by atoms with Crippen molar-refractivity contribution in [1.29, 1.82) is 0 Å². The molecule has 3 rings (SSSR count). The number of hydrogen-bond donors (Lipinski definition) is 1. The molecule has 0 fully saturated rings. The molecule has 1 aliphatic rings. The summed E-state index contributed by atoms with van der Waals surface area (Å²) in [6, 6.07) is 9.64. The van der Waals surface area contributed by atoms with Gasteiger partial charge in [0.25, 0.3) is 0 Å². The zero-order valence-corrected chi connectivity index (χ0v) is 15.1. The van der Waals surface area contributed by atoms with E-state index in [-0.39, 0.29) is 12.1 Å². The zero-order valence-electron chi connectivity index (χ0n) is 15.1. The van der Waals surface area contributed by atoms with Crippen molar-refractivity contribution >= 4 is 5.69 Å². The van der Waals surface area contributed by atoms with Crippen molar-refractivity contribution in [3.05, 3.63) is 35.9 Å². The van der Waals surface area contributed by atoms with E-state index in [9.17, 15) is 0 Å². The number of methoxy groups -OCH3 is 4. The van der Waals surface area contributed by atoms with Gasteiger partial charge in [-0.05, 0) is 25.1 Å². The maximum Gasteiger partial charge on any atom is 0.203 e. The van der Waals surface area contributed by atoms with Crippen LogP contribution in [0.2, 0.25) is 0 Å². The van der Waals surface area contributed by atoms with Gasteiger partial charge in [0.2, 0.25) is 5.75 Å². The minimum Gasteiger partial charge on any atom is -0.497 e. The summed E-state index contributed by atoms with van der Waals surface area (Å²) in [5, 5.41) is 3.43. The summed E-state index contributed by atoms with van der Waals surface area (Å²) < 4.78 is 27.7. The van der Waals surface area contributed by atoms with E-state index in [0.717, 1.165) is 17.0 Å². The van der Waals surface area contributed by atoms with Crippen LogP contribution >= 0.6 is 0 Å². The summed E-state index contributed by atoms with van der Waals surface area (Å²) in [5.74, 6) is 3.09. The van der Waals surface area contributed by atoms with Crippen molar-refractivity contribution in [3.8, 4) is 28.7 Å². The van der Waals surface area contributed by atoms with Crippen LogP contribution in [0.25, 0.3) is 0 Å². The summed E-state index contributed by atoms with van der Waals surface area (Å²) in [6.07, 6.45) is -0.159. The van der Waals surface area contributed by atoms with Gasteiger partial charge in [-0.2, -0.15) is 0 Å². The van der Waals surface area contributed by atoms with Crippen molar-refractivity contribution in [2.75, 3.05) is 33.8 Å². The third-order valence-electron chi connectivity index (χ3n) is 4.30. The average molecular weight is 345 g/mol. The summed E-state index contributed by atoms with van der Waals surface area (Å²) in [7, 11) is 6.40. The van der Waals surface area contributed by atoms with Gasteiger partial charge in [0.05, 0.1) is 34.5 Å². The molecule has 0 amide bonds. The van der Waals surface area contributed by atoms with E-state index in [1.165, 1.54) is 0 Å². The SMILES string of the molecule is COc1ccc2c(c1)C(Oc1cc(OC)c(OC)c(OC)c1)C(C)N2. The molecule has 134 valence electrons. The van der Waals surface area contributed by atoms with Crippen LogP contribution in [0.4, 0.5) is 5.69 Å². The highest BCUT2D eigenvalue weighted by Crippen LogP contribution is 2.44. The molecule has 0 radical (unpaired) electrons. The molecule has 2 aromatic carbocycles. The van der Waals surface area contributed by atoms with E-state index >= 15 is 0 Å². The highest BCUT2D eigenvalue weighted by molar-refractivity contribution is 5.61. The molecule has 0 saturated carbocycles. The van der Waals surface area contributed by atoms with E-state index in [1.54, 1.807) is 40.6 Å². The van der Waals surface area contributed by atoms with Crippen LogP contribution in [0.3, 0.4) is 0 Å². The lowest BCUT2D eigenvalue weighted by Crippen LogP contribution is -2.20. The topological polar surface area (TPSA) is 58.2 Å². The smallest absolute Gasteiger partial charge is 0.203 e. The second-order valence-corrected chi connectivity index (χ2v) is 5.79. The largest absolute Gasteiger partial charge is 0.497 e. The van der Waals surface area contributed by atoms with Gasteiger partial charge in [-0.15, -0.1) is 0 Å². The lowest BCUT2D eigenvalue weighted by Gasteiger charge is -2.21. The first kappa shape index (κ1) is 17.1. The van der Waals surface area contributed by atoms with Crippen LogP contribution in [-0.2, 0) is 0 Å². The Morgan fingerprint density at radius 1 is 0.800 bits per heavy atom. The van der Waals surface area contributed by atoms with E-state index in [1.807, 2.05) is 18.2 Å². The Morgan fingerprint density at radius 2 is 1.48 bits per heavy atom. The van der Waals surface area contributed by atoms with Crippen molar-refractivity contribution in [2.24, 2.45) is 0 Å². The van der Waals surface area contributed by atoms with Gasteiger partial charge in [-0.1, -0.05) is 0 Å². The average Bonchev–Trinajstić information content (AvgIpc) is 2.95. The molecule has 0 aliphatic carbocycles. The minimum atomic E-state index is -0.159. The number of fused-ring (bicyclic) bond motifs is 1. The lowest BCUT2D eigenvalue weighted by atomic mass is 10.1. The highest BCUT2D eigenvalue weighted by atomic mass is 16.5. The first-order valence-corrected chi connectivity index (χ1v) is 8.02. The van der Waals surface area contributed by atoms with E-state index in [0.29, 0.717) is 23.0 Å². The van der Waals surface area contributed by atoms with Crippen LogP contribution in [0, 0.1) is 0 Å². The molecule has 2 unspecified atom stereocenters. The second-order valence-electron chi connectivity index (χ2n) is 5.79. The van der Waals surface area contributed by atoms with Crippen LogP contribution in [0.5, 0.6) is 28.7 Å². The predicted octanol–water partition coefficient (Wildman–Crippen LogP) is 3.66. The molecule has 1 aliphatic heterocycles. The van der Waals surface area contributed by atoms with Crippen molar-refractivity contribution in [1.82, 2.24) is 0 Å². The lowest BCUT2D eigenvalue weighted by molar-refractivity contribution is 0.195. The van der Waals surface area contributed by atoms with Crippen LogP contribution in [0.1, 0.15) is 18.6 Å². The number of ether oxygens (including phenoxy) is 5. The summed E-state index contributed by atoms with van der Waals surface area (Å²) >= 11 is 0. The second kappa shape index (κ2) is 7.01. The minimum absolute atomic E-state index is 0.112. The fourth-order valence-electron chi connectivity index (χ4n) is 3.06. The zero-order chi connectivity index (χ0) is 18.0. The number of hydrogen-bond acceptors (Lipinski definition) is 6. The fourth-order valence-corrected chi connectivity index (χ4v) is 3.06. The Morgan fingerprint density at radius 3 is 2.04 bits per heavy atom. The number of nitrogens with one attached hydrogen (secondary N) is 1. The molecule has 0 bridgehead atoms. The molecule has 6 nitrogen and oxygen atoms in total. The Labute approximate surface area is 147 Å². The molecule has 0 saturated heterocycles. The Kier molecular flexibility index (Phi) is 4.79. The molecule has 2 aromatic rings. The van der Waals surface area contributed by atoms with Gasteiger partial charge in [-0.3, -0.25) is 0 Å². The quantitative estimate of drug-likeness (QED) is 0.862. The normalized spacial score (nSPS) is 18.1. The molecule has 6 heteroatoms. The van der Waals surface area contributed by atoms with Crippen molar-refractivity contribution in [3.63, 3.8) is 0 Å². The van der Waals surface area contributed by atoms with Gasteiger partial charge in [0.1, 0.15) is 17.6 Å². The molecule has 2 atom stereocenters. The van der Waals surface area contributed by atoms with E-state index < -0.39 is 0 Å². The van der Waals surface area contributed by atoms with Crippen molar-refractivity contribution in [2.45, 2.75) is 19.1 Å². The molecule has 0 aromatic heterocycles. The first-order valence-electron chi connectivity index (χ1n) is 8.02. The first-order chi connectivity index (χ1) is 12.1. The van der Waals surface area contributed by atoms with Crippen LogP contribution < -0.4 is 29.0 Å². The highest BCUT2D eigenvalue weighted by Gasteiger charge is 2.31. The van der Waals surface area contributed by atoms with Gasteiger partial charge in [0, 0.05) is 23.4 Å². The third-order valence-corrected chi connectivity index (χ3v) is 4.30. The van der Waals surface area contributed by atoms with Gasteiger partial charge in [-0.25, -0.2) is 0 Å². The molecule has 0 spiro atoms. The maximum atomic E-state index is 6.26. The summed E-state index contributed by atoms with van der Waals surface area (Å²) in [6.45, 7) is 2.08. The van der Waals surface area contributed by atoms with Crippen molar-refractivity contribution < 1.29 is 23.7 Å². The van der Waals surface area contributed by atoms with E-state index in [4.69, 9.17) is 23.7 Å². The van der Waals surface area contributed by atoms with E-state index in [2.05, 4.69) is 12.2 Å². The molecular formula is C19H23NO5. The van der Waals surface area contributed by atoms with Crippen LogP contribution in [-0.4, -0.2) is 34.5 Å². The number of anilines is 1. The molecule has 1 N–H and O–H groups in total. The Balaban J connectivity index is 1.95. The van der Waals surface area contributed by atoms with Gasteiger partial charge < -0.3 is 29.0 Å². The summed E-state index contributed by atoms with van der Waals surface area (Å²) in [5.41, 5.74) is 2.10. The molecule has 1 heterocycles. The third kappa shape index (κ3) is 3.12. The Bertz CT molecular complexity index is 736. The van der Waals surface area contributed by atoms with Gasteiger partial charge in [0.15, 0.2) is 11.5 Å². The predicted molar refractivity (Wildman–Crippen MR) is 95.5 cm³/mol. The summed E-state index contributed by atoms with van der Waals surface area (Å²) in [4.78, 5) is 0. The van der Waals surface area contributed by atoms with Crippen LogP contribution in [0.15, 0.2) is 30.3 Å². The monoisotopic (exact) mass is 345 g/mol. The fraction of sp³-hybridized carbons (Fsp3) is 0.368. The number of benzene rings is 2. The standard InChI is InChI=1S/C19H23NO5/c1-11-18(14-8-12(21-2)6-7-15(14)20-11)25-13-9-16(22-3)19(24-5)17(10-13)23-4/h6-11,18,20H,1-5H3. The molecule has 25 heavy (non-hydrogen) atoms. The maximum absolute atomic E-state index is 6.26. The number of rotatable bonds is 6. The molecular weight excluding hydrogens is 322 g/mol. The Hall–Kier alpha value is -2.76. The van der Waals surface area contributed by atoms with Gasteiger partial charge >= 0.3 is 0 Å².